The summed E-state index contributed by atoms with van der Waals surface area (Å²) in [7, 11) is 0. The topological polar surface area (TPSA) is 72.8 Å². The van der Waals surface area contributed by atoms with Crippen molar-refractivity contribution in [1.82, 2.24) is 0 Å². The molecule has 37 heavy (non-hydrogen) atoms. The van der Waals surface area contributed by atoms with E-state index in [1.807, 2.05) is 68.4 Å². The number of ether oxygens (including phenoxy) is 2. The summed E-state index contributed by atoms with van der Waals surface area (Å²) in [6, 6.07) is 20.7. The quantitative estimate of drug-likeness (QED) is 0.168. The summed E-state index contributed by atoms with van der Waals surface area (Å²) < 4.78 is 11.2. The van der Waals surface area contributed by atoms with Gasteiger partial charge in [-0.05, 0) is 85.5 Å². The van der Waals surface area contributed by atoms with Gasteiger partial charge >= 0.3 is 11.9 Å². The molecule has 1 N–H and O–H groups in total. The number of phenolic OH excluding ortho intramolecular Hbond substituents is 1. The van der Waals surface area contributed by atoms with Crippen LogP contribution in [0, 0.1) is 5.41 Å². The standard InChI is InChI=1S/C32H32O5/c1-6-20(2)36-28(34)18-12-21-11-15-25-23(19-21)13-16-26(33)29(25)30-24-10-8-7-9-22(24)14-17-27(30)37-31(35)32(3,4)5/h7-20,33H,6H2,1-5H3/t20-/m0/s1. The summed E-state index contributed by atoms with van der Waals surface area (Å²) in [4.78, 5) is 24.9. The predicted molar refractivity (Wildman–Crippen MR) is 149 cm³/mol. The lowest BCUT2D eigenvalue weighted by Crippen LogP contribution is -2.25. The van der Waals surface area contributed by atoms with Crippen molar-refractivity contribution < 1.29 is 24.2 Å². The average molecular weight is 497 g/mol. The van der Waals surface area contributed by atoms with Crippen molar-refractivity contribution in [3.63, 3.8) is 0 Å². The highest BCUT2D eigenvalue weighted by Gasteiger charge is 2.26. The maximum Gasteiger partial charge on any atom is 0.331 e. The molecule has 0 radical (unpaired) electrons. The fourth-order valence-corrected chi connectivity index (χ4v) is 4.04. The zero-order chi connectivity index (χ0) is 26.7. The van der Waals surface area contributed by atoms with Gasteiger partial charge in [0.2, 0.25) is 0 Å². The first-order valence-electron chi connectivity index (χ1n) is 12.5. The molecule has 4 aromatic carbocycles. The number of hydrogen-bond donors (Lipinski definition) is 1. The molecular formula is C32H32O5. The van der Waals surface area contributed by atoms with Crippen molar-refractivity contribution in [2.24, 2.45) is 5.41 Å². The number of fused-ring (bicyclic) bond motifs is 2. The van der Waals surface area contributed by atoms with Crippen LogP contribution in [0.2, 0.25) is 0 Å². The van der Waals surface area contributed by atoms with Gasteiger partial charge in [-0.2, -0.15) is 0 Å². The summed E-state index contributed by atoms with van der Waals surface area (Å²) in [6.07, 6.45) is 3.75. The van der Waals surface area contributed by atoms with Crippen LogP contribution in [0.25, 0.3) is 38.7 Å². The van der Waals surface area contributed by atoms with Crippen LogP contribution in [-0.4, -0.2) is 23.1 Å². The van der Waals surface area contributed by atoms with E-state index in [9.17, 15) is 14.7 Å². The lowest BCUT2D eigenvalue weighted by Gasteiger charge is -2.20. The number of carbonyl (C=O) groups is 2. The van der Waals surface area contributed by atoms with Crippen LogP contribution in [0.4, 0.5) is 0 Å². The van der Waals surface area contributed by atoms with Crippen LogP contribution in [0.5, 0.6) is 11.5 Å². The van der Waals surface area contributed by atoms with E-state index in [2.05, 4.69) is 0 Å². The largest absolute Gasteiger partial charge is 0.507 e. The van der Waals surface area contributed by atoms with E-state index in [-0.39, 0.29) is 23.8 Å². The van der Waals surface area contributed by atoms with Crippen molar-refractivity contribution in [3.05, 3.63) is 78.4 Å². The van der Waals surface area contributed by atoms with Crippen molar-refractivity contribution in [1.29, 1.82) is 0 Å². The molecule has 0 unspecified atom stereocenters. The van der Waals surface area contributed by atoms with E-state index < -0.39 is 5.41 Å². The molecule has 0 saturated heterocycles. The maximum atomic E-state index is 12.8. The minimum absolute atomic E-state index is 0.0809. The molecule has 0 amide bonds. The fraction of sp³-hybridized carbons (Fsp3) is 0.250. The molecule has 0 aromatic heterocycles. The third kappa shape index (κ3) is 5.67. The van der Waals surface area contributed by atoms with Crippen LogP contribution < -0.4 is 4.74 Å². The smallest absolute Gasteiger partial charge is 0.331 e. The Morgan fingerprint density at radius 3 is 2.35 bits per heavy atom. The highest BCUT2D eigenvalue weighted by atomic mass is 16.5. The van der Waals surface area contributed by atoms with Gasteiger partial charge in [0, 0.05) is 17.2 Å². The van der Waals surface area contributed by atoms with Crippen LogP contribution in [-0.2, 0) is 14.3 Å². The molecule has 0 fully saturated rings. The van der Waals surface area contributed by atoms with Gasteiger partial charge in [0.1, 0.15) is 11.5 Å². The SMILES string of the molecule is CC[C@H](C)OC(=O)C=Cc1ccc2c(-c3c(OC(=O)C(C)(C)C)ccc4ccccc34)c(O)ccc2c1. The first kappa shape index (κ1) is 26.0. The van der Waals surface area contributed by atoms with Gasteiger partial charge in [-0.1, -0.05) is 55.5 Å². The molecule has 0 spiro atoms. The molecule has 0 heterocycles. The van der Waals surface area contributed by atoms with E-state index in [4.69, 9.17) is 9.47 Å². The Hall–Kier alpha value is -4.12. The van der Waals surface area contributed by atoms with E-state index in [1.165, 1.54) is 6.08 Å². The number of hydrogen-bond acceptors (Lipinski definition) is 5. The van der Waals surface area contributed by atoms with E-state index in [1.54, 1.807) is 39.0 Å². The molecule has 1 atom stereocenters. The fourth-order valence-electron chi connectivity index (χ4n) is 4.04. The van der Waals surface area contributed by atoms with Gasteiger partial charge in [-0.3, -0.25) is 4.79 Å². The predicted octanol–water partition coefficient (Wildman–Crippen LogP) is 7.67. The summed E-state index contributed by atoms with van der Waals surface area (Å²) >= 11 is 0. The molecule has 0 aliphatic rings. The number of esters is 2. The molecular weight excluding hydrogens is 464 g/mol. The second-order valence-electron chi connectivity index (χ2n) is 10.2. The normalized spacial score (nSPS) is 12.7. The van der Waals surface area contributed by atoms with E-state index >= 15 is 0 Å². The van der Waals surface area contributed by atoms with Gasteiger partial charge in [0.05, 0.1) is 11.5 Å². The van der Waals surface area contributed by atoms with Crippen LogP contribution in [0.1, 0.15) is 46.6 Å². The first-order valence-corrected chi connectivity index (χ1v) is 12.5. The monoisotopic (exact) mass is 496 g/mol. The molecule has 0 saturated carbocycles. The Kier molecular flexibility index (Phi) is 7.35. The number of benzene rings is 4. The summed E-state index contributed by atoms with van der Waals surface area (Å²) in [5.41, 5.74) is 1.36. The summed E-state index contributed by atoms with van der Waals surface area (Å²) in [5.74, 6) is -0.280. The number of phenols is 1. The van der Waals surface area contributed by atoms with Crippen molar-refractivity contribution >= 4 is 39.6 Å². The van der Waals surface area contributed by atoms with Gasteiger partial charge in [0.25, 0.3) is 0 Å². The van der Waals surface area contributed by atoms with Crippen molar-refractivity contribution in [3.8, 4) is 22.6 Å². The lowest BCUT2D eigenvalue weighted by molar-refractivity contribution is -0.143. The molecule has 0 bridgehead atoms. The van der Waals surface area contributed by atoms with Gasteiger partial charge in [-0.15, -0.1) is 0 Å². The van der Waals surface area contributed by atoms with Gasteiger partial charge in [0.15, 0.2) is 0 Å². The third-order valence-electron chi connectivity index (χ3n) is 6.28. The number of aromatic hydroxyl groups is 1. The zero-order valence-electron chi connectivity index (χ0n) is 21.9. The van der Waals surface area contributed by atoms with Gasteiger partial charge < -0.3 is 14.6 Å². The second kappa shape index (κ2) is 10.5. The molecule has 4 aromatic rings. The van der Waals surface area contributed by atoms with E-state index in [0.717, 1.165) is 33.5 Å². The minimum Gasteiger partial charge on any atom is -0.507 e. The van der Waals surface area contributed by atoms with Crippen molar-refractivity contribution in [2.45, 2.75) is 47.1 Å². The summed E-state index contributed by atoms with van der Waals surface area (Å²) in [6.45, 7) is 9.23. The highest BCUT2D eigenvalue weighted by Crippen LogP contribution is 2.45. The van der Waals surface area contributed by atoms with Gasteiger partial charge in [-0.25, -0.2) is 4.79 Å². The van der Waals surface area contributed by atoms with Crippen LogP contribution >= 0.6 is 0 Å². The number of carbonyl (C=O) groups excluding carboxylic acids is 2. The molecule has 0 aliphatic carbocycles. The lowest BCUT2D eigenvalue weighted by atomic mass is 9.91. The second-order valence-corrected chi connectivity index (χ2v) is 10.2. The Morgan fingerprint density at radius 1 is 0.919 bits per heavy atom. The van der Waals surface area contributed by atoms with E-state index in [0.29, 0.717) is 16.9 Å². The molecule has 4 rings (SSSR count). The van der Waals surface area contributed by atoms with Crippen LogP contribution in [0.15, 0.2) is 72.8 Å². The third-order valence-corrected chi connectivity index (χ3v) is 6.28. The Morgan fingerprint density at radius 2 is 1.62 bits per heavy atom. The average Bonchev–Trinajstić information content (AvgIpc) is 2.87. The minimum atomic E-state index is -0.693. The van der Waals surface area contributed by atoms with Crippen molar-refractivity contribution in [2.75, 3.05) is 0 Å². The Labute approximate surface area is 217 Å². The first-order chi connectivity index (χ1) is 17.6. The molecule has 5 heteroatoms. The Bertz CT molecular complexity index is 1510. The molecule has 0 aliphatic heterocycles. The zero-order valence-corrected chi connectivity index (χ0v) is 21.9. The Balaban J connectivity index is 1.85. The maximum absolute atomic E-state index is 12.8. The van der Waals surface area contributed by atoms with Crippen LogP contribution in [0.3, 0.4) is 0 Å². The highest BCUT2D eigenvalue weighted by molar-refractivity contribution is 6.10. The number of rotatable bonds is 6. The summed E-state index contributed by atoms with van der Waals surface area (Å²) in [5, 5.41) is 14.6. The molecule has 5 nitrogen and oxygen atoms in total. The molecule has 190 valence electrons.